The standard InChI is InChI=1S/C20H21N3O2S/c1-3-25-18(24)13-26-20-15(11-21)19(14-7-5-4-6-8-14)16-12-23(2)10-9-17(16)22-20/h4-8H,3,9-10,12-13H2,1-2H3. The predicted octanol–water partition coefficient (Wildman–Crippen LogP) is 3.26. The number of hydrogen-bond acceptors (Lipinski definition) is 6. The lowest BCUT2D eigenvalue weighted by atomic mass is 9.92. The van der Waals surface area contributed by atoms with Crippen molar-refractivity contribution in [3.63, 3.8) is 0 Å². The van der Waals surface area contributed by atoms with Gasteiger partial charge in [0.1, 0.15) is 11.1 Å². The molecule has 1 aliphatic heterocycles. The maximum Gasteiger partial charge on any atom is 0.316 e. The summed E-state index contributed by atoms with van der Waals surface area (Å²) >= 11 is 1.28. The van der Waals surface area contributed by atoms with Crippen molar-refractivity contribution in [3.8, 4) is 17.2 Å². The van der Waals surface area contributed by atoms with E-state index in [0.29, 0.717) is 17.2 Å². The molecule has 6 heteroatoms. The van der Waals surface area contributed by atoms with E-state index in [-0.39, 0.29) is 11.7 Å². The van der Waals surface area contributed by atoms with Crippen LogP contribution in [0.15, 0.2) is 35.4 Å². The second-order valence-electron chi connectivity index (χ2n) is 6.15. The summed E-state index contributed by atoms with van der Waals surface area (Å²) in [5.74, 6) is -0.135. The van der Waals surface area contributed by atoms with Crippen LogP contribution in [0.1, 0.15) is 23.7 Å². The summed E-state index contributed by atoms with van der Waals surface area (Å²) in [5.41, 5.74) is 4.63. The van der Waals surface area contributed by atoms with Crippen LogP contribution in [0.5, 0.6) is 0 Å². The lowest BCUT2D eigenvalue weighted by molar-refractivity contribution is -0.139. The largest absolute Gasteiger partial charge is 0.465 e. The molecule has 0 unspecified atom stereocenters. The smallest absolute Gasteiger partial charge is 0.316 e. The Morgan fingerprint density at radius 1 is 1.38 bits per heavy atom. The van der Waals surface area contributed by atoms with Crippen LogP contribution in [0.25, 0.3) is 11.1 Å². The molecule has 1 aromatic heterocycles. The van der Waals surface area contributed by atoms with Gasteiger partial charge in [-0.15, -0.1) is 0 Å². The van der Waals surface area contributed by atoms with Crippen molar-refractivity contribution < 1.29 is 9.53 Å². The summed E-state index contributed by atoms with van der Waals surface area (Å²) in [5, 5.41) is 10.5. The zero-order valence-electron chi connectivity index (χ0n) is 15.0. The molecule has 0 aliphatic carbocycles. The lowest BCUT2D eigenvalue weighted by Gasteiger charge is -2.28. The fourth-order valence-electron chi connectivity index (χ4n) is 3.13. The topological polar surface area (TPSA) is 66.2 Å². The first-order chi connectivity index (χ1) is 12.6. The van der Waals surface area contributed by atoms with Crippen LogP contribution >= 0.6 is 11.8 Å². The number of fused-ring (bicyclic) bond motifs is 1. The number of pyridine rings is 1. The average molecular weight is 367 g/mol. The SMILES string of the molecule is CCOC(=O)CSc1nc2c(c(-c3ccccc3)c1C#N)CN(C)CC2. The number of nitrogens with zero attached hydrogens (tertiary/aromatic N) is 3. The minimum atomic E-state index is -0.290. The Labute approximate surface area is 158 Å². The summed E-state index contributed by atoms with van der Waals surface area (Å²) < 4.78 is 5.00. The van der Waals surface area contributed by atoms with Gasteiger partial charge in [-0.05, 0) is 25.1 Å². The van der Waals surface area contributed by atoms with Gasteiger partial charge in [0.2, 0.25) is 0 Å². The van der Waals surface area contributed by atoms with Crippen molar-refractivity contribution in [1.29, 1.82) is 5.26 Å². The van der Waals surface area contributed by atoms with Crippen molar-refractivity contribution in [3.05, 3.63) is 47.2 Å². The number of hydrogen-bond donors (Lipinski definition) is 0. The number of ether oxygens (including phenoxy) is 1. The number of rotatable bonds is 5. The fourth-order valence-corrected chi connectivity index (χ4v) is 3.94. The van der Waals surface area contributed by atoms with E-state index in [1.54, 1.807) is 6.92 Å². The number of benzene rings is 1. The molecule has 0 atom stereocenters. The number of nitriles is 1. The van der Waals surface area contributed by atoms with Gasteiger partial charge in [-0.2, -0.15) is 5.26 Å². The molecule has 2 aromatic rings. The molecule has 3 rings (SSSR count). The molecule has 5 nitrogen and oxygen atoms in total. The Balaban J connectivity index is 2.09. The second-order valence-corrected chi connectivity index (χ2v) is 7.12. The monoisotopic (exact) mass is 367 g/mol. The van der Waals surface area contributed by atoms with Crippen molar-refractivity contribution in [2.45, 2.75) is 24.9 Å². The van der Waals surface area contributed by atoms with E-state index in [0.717, 1.165) is 41.9 Å². The van der Waals surface area contributed by atoms with Crippen molar-refractivity contribution in [2.24, 2.45) is 0 Å². The van der Waals surface area contributed by atoms with Gasteiger partial charge in [0.05, 0.1) is 17.9 Å². The van der Waals surface area contributed by atoms with Crippen LogP contribution in [0.3, 0.4) is 0 Å². The number of thioether (sulfide) groups is 1. The molecule has 0 bridgehead atoms. The van der Waals surface area contributed by atoms with Gasteiger partial charge in [0.25, 0.3) is 0 Å². The zero-order valence-corrected chi connectivity index (χ0v) is 15.8. The van der Waals surface area contributed by atoms with Gasteiger partial charge in [-0.3, -0.25) is 4.79 Å². The normalized spacial score (nSPS) is 13.7. The van der Waals surface area contributed by atoms with Crippen LogP contribution in [0, 0.1) is 11.3 Å². The second kappa shape index (κ2) is 8.35. The van der Waals surface area contributed by atoms with Crippen LogP contribution in [-0.4, -0.2) is 41.8 Å². The van der Waals surface area contributed by atoms with Crippen molar-refractivity contribution in [1.82, 2.24) is 9.88 Å². The molecule has 0 N–H and O–H groups in total. The van der Waals surface area contributed by atoms with E-state index in [9.17, 15) is 10.1 Å². The van der Waals surface area contributed by atoms with Gasteiger partial charge >= 0.3 is 5.97 Å². The molecular weight excluding hydrogens is 346 g/mol. The van der Waals surface area contributed by atoms with E-state index in [1.165, 1.54) is 11.8 Å². The van der Waals surface area contributed by atoms with Crippen LogP contribution in [0.4, 0.5) is 0 Å². The van der Waals surface area contributed by atoms with Crippen LogP contribution in [-0.2, 0) is 22.5 Å². The highest BCUT2D eigenvalue weighted by molar-refractivity contribution is 7.99. The predicted molar refractivity (Wildman–Crippen MR) is 102 cm³/mol. The van der Waals surface area contributed by atoms with Gasteiger partial charge < -0.3 is 9.64 Å². The van der Waals surface area contributed by atoms with Crippen LogP contribution in [0.2, 0.25) is 0 Å². The quantitative estimate of drug-likeness (QED) is 0.597. The minimum absolute atomic E-state index is 0.155. The summed E-state index contributed by atoms with van der Waals surface area (Å²) in [6.45, 7) is 3.83. The fraction of sp³-hybridized carbons (Fsp3) is 0.350. The lowest BCUT2D eigenvalue weighted by Crippen LogP contribution is -2.28. The first-order valence-electron chi connectivity index (χ1n) is 8.62. The molecule has 0 spiro atoms. The Morgan fingerprint density at radius 3 is 2.85 bits per heavy atom. The Bertz CT molecular complexity index is 846. The molecule has 0 amide bonds. The molecule has 26 heavy (non-hydrogen) atoms. The molecule has 0 saturated carbocycles. The van der Waals surface area contributed by atoms with E-state index in [4.69, 9.17) is 9.72 Å². The third-order valence-electron chi connectivity index (χ3n) is 4.32. The maximum absolute atomic E-state index is 11.7. The first kappa shape index (κ1) is 18.4. The Morgan fingerprint density at radius 2 is 2.15 bits per heavy atom. The summed E-state index contributed by atoms with van der Waals surface area (Å²) in [4.78, 5) is 18.7. The van der Waals surface area contributed by atoms with Crippen molar-refractivity contribution in [2.75, 3.05) is 26.0 Å². The number of carbonyl (C=O) groups excluding carboxylic acids is 1. The molecule has 1 aromatic carbocycles. The molecule has 0 fully saturated rings. The molecule has 1 aliphatic rings. The van der Waals surface area contributed by atoms with E-state index < -0.39 is 0 Å². The van der Waals surface area contributed by atoms with E-state index >= 15 is 0 Å². The molecule has 0 radical (unpaired) electrons. The van der Waals surface area contributed by atoms with Gasteiger partial charge in [-0.1, -0.05) is 42.1 Å². The highest BCUT2D eigenvalue weighted by atomic mass is 32.2. The van der Waals surface area contributed by atoms with Gasteiger partial charge in [0.15, 0.2) is 0 Å². The summed E-state index contributed by atoms with van der Waals surface area (Å²) in [6, 6.07) is 12.3. The molecular formula is C20H21N3O2S. The highest BCUT2D eigenvalue weighted by Gasteiger charge is 2.25. The summed E-state index contributed by atoms with van der Waals surface area (Å²) in [7, 11) is 2.08. The zero-order chi connectivity index (χ0) is 18.5. The highest BCUT2D eigenvalue weighted by Crippen LogP contribution is 2.36. The van der Waals surface area contributed by atoms with E-state index in [2.05, 4.69) is 18.0 Å². The maximum atomic E-state index is 11.7. The van der Waals surface area contributed by atoms with E-state index in [1.807, 2.05) is 30.3 Å². The number of aromatic nitrogens is 1. The van der Waals surface area contributed by atoms with Crippen molar-refractivity contribution >= 4 is 17.7 Å². The average Bonchev–Trinajstić information content (AvgIpc) is 2.66. The number of likely N-dealkylation sites (N-methyl/N-ethyl adjacent to an activating group) is 1. The van der Waals surface area contributed by atoms with Crippen LogP contribution < -0.4 is 0 Å². The molecule has 0 saturated heterocycles. The Kier molecular flexibility index (Phi) is 5.92. The molecule has 2 heterocycles. The van der Waals surface area contributed by atoms with Gasteiger partial charge in [0, 0.05) is 30.8 Å². The minimum Gasteiger partial charge on any atom is -0.465 e. The third-order valence-corrected chi connectivity index (χ3v) is 5.26. The first-order valence-corrected chi connectivity index (χ1v) is 9.60. The third kappa shape index (κ3) is 3.90. The number of carbonyl (C=O) groups is 1. The van der Waals surface area contributed by atoms with Gasteiger partial charge in [-0.25, -0.2) is 4.98 Å². The molecule has 134 valence electrons. The Hall–Kier alpha value is -2.36. The summed E-state index contributed by atoms with van der Waals surface area (Å²) in [6.07, 6.45) is 0.838. The number of esters is 1.